The molecule has 0 spiro atoms. The molecule has 124 valence electrons. The Labute approximate surface area is 148 Å². The highest BCUT2D eigenvalue weighted by molar-refractivity contribution is 9.11. The molecule has 0 bridgehead atoms. The number of ether oxygens (including phenoxy) is 1. The molecular formula is C15H23Br2N3O2. The van der Waals surface area contributed by atoms with Crippen molar-refractivity contribution in [3.05, 3.63) is 26.9 Å². The summed E-state index contributed by atoms with van der Waals surface area (Å²) in [7, 11) is 0. The molecule has 1 heterocycles. The van der Waals surface area contributed by atoms with Crippen molar-refractivity contribution in [2.45, 2.75) is 52.3 Å². The van der Waals surface area contributed by atoms with Crippen molar-refractivity contribution in [2.75, 3.05) is 6.54 Å². The third-order valence-electron chi connectivity index (χ3n) is 2.58. The van der Waals surface area contributed by atoms with Gasteiger partial charge in [-0.05, 0) is 72.5 Å². The quantitative estimate of drug-likeness (QED) is 0.732. The molecule has 22 heavy (non-hydrogen) atoms. The van der Waals surface area contributed by atoms with E-state index < -0.39 is 17.2 Å². The number of aromatic nitrogens is 1. The van der Waals surface area contributed by atoms with Gasteiger partial charge in [-0.2, -0.15) is 0 Å². The van der Waals surface area contributed by atoms with Gasteiger partial charge < -0.3 is 15.4 Å². The second-order valence-electron chi connectivity index (χ2n) is 6.70. The Morgan fingerprint density at radius 2 is 1.91 bits per heavy atom. The van der Waals surface area contributed by atoms with Gasteiger partial charge in [0.1, 0.15) is 5.60 Å². The second kappa shape index (κ2) is 7.75. The zero-order chi connectivity index (χ0) is 17.0. The second-order valence-corrected chi connectivity index (χ2v) is 8.47. The highest BCUT2D eigenvalue weighted by atomic mass is 79.9. The van der Waals surface area contributed by atoms with E-state index in [1.165, 1.54) is 0 Å². The molecule has 1 aromatic heterocycles. The predicted octanol–water partition coefficient (Wildman–Crippen LogP) is 4.00. The zero-order valence-corrected chi connectivity index (χ0v) is 16.8. The zero-order valence-electron chi connectivity index (χ0n) is 13.6. The third-order valence-corrected chi connectivity index (χ3v) is 3.70. The van der Waals surface area contributed by atoms with Crippen LogP contribution in [0.25, 0.3) is 0 Å². The van der Waals surface area contributed by atoms with E-state index >= 15 is 0 Å². The first-order valence-electron chi connectivity index (χ1n) is 7.00. The molecule has 0 aliphatic carbocycles. The lowest BCUT2D eigenvalue weighted by Gasteiger charge is -2.29. The molecule has 0 aromatic carbocycles. The van der Waals surface area contributed by atoms with Crippen LogP contribution in [0, 0.1) is 0 Å². The fraction of sp³-hybridized carbons (Fsp3) is 0.600. The lowest BCUT2D eigenvalue weighted by molar-refractivity contribution is 0.0472. The van der Waals surface area contributed by atoms with Gasteiger partial charge in [-0.1, -0.05) is 0 Å². The molecule has 0 radical (unpaired) electrons. The summed E-state index contributed by atoms with van der Waals surface area (Å²) in [5.74, 6) is 0. The molecule has 0 atom stereocenters. The van der Waals surface area contributed by atoms with Crippen LogP contribution in [0.4, 0.5) is 4.79 Å². The topological polar surface area (TPSA) is 63.2 Å². The minimum absolute atomic E-state index is 0.415. The summed E-state index contributed by atoms with van der Waals surface area (Å²) in [6, 6.07) is 1.95. The first-order valence-corrected chi connectivity index (χ1v) is 8.59. The number of halogens is 2. The minimum atomic E-state index is -0.500. The van der Waals surface area contributed by atoms with Crippen LogP contribution in [0.2, 0.25) is 0 Å². The molecule has 0 unspecified atom stereocenters. The molecule has 1 rings (SSSR count). The molecule has 5 nitrogen and oxygen atoms in total. The van der Waals surface area contributed by atoms with Crippen LogP contribution < -0.4 is 10.6 Å². The molecule has 0 fully saturated rings. The molecule has 1 amide bonds. The van der Waals surface area contributed by atoms with E-state index in [2.05, 4.69) is 47.5 Å². The maximum absolute atomic E-state index is 11.8. The summed E-state index contributed by atoms with van der Waals surface area (Å²) < 4.78 is 7.13. The first-order chi connectivity index (χ1) is 9.98. The summed E-state index contributed by atoms with van der Waals surface area (Å²) in [5, 5.41) is 6.15. The van der Waals surface area contributed by atoms with E-state index in [1.54, 1.807) is 6.20 Å². The molecular weight excluding hydrogens is 414 g/mol. The number of rotatable bonds is 5. The third kappa shape index (κ3) is 7.56. The number of nitrogens with zero attached hydrogens (tertiary/aromatic N) is 1. The van der Waals surface area contributed by atoms with Crippen LogP contribution >= 0.6 is 31.9 Å². The van der Waals surface area contributed by atoms with Gasteiger partial charge in [-0.25, -0.2) is 4.79 Å². The number of hydrogen-bond acceptors (Lipinski definition) is 4. The lowest BCUT2D eigenvalue weighted by Crippen LogP contribution is -2.51. The maximum atomic E-state index is 11.8. The van der Waals surface area contributed by atoms with Crippen molar-refractivity contribution < 1.29 is 9.53 Å². The van der Waals surface area contributed by atoms with Crippen LogP contribution in [-0.2, 0) is 11.3 Å². The molecule has 2 N–H and O–H groups in total. The van der Waals surface area contributed by atoms with E-state index in [0.717, 1.165) is 14.6 Å². The van der Waals surface area contributed by atoms with Gasteiger partial charge in [0.2, 0.25) is 0 Å². The monoisotopic (exact) mass is 435 g/mol. The fourth-order valence-electron chi connectivity index (χ4n) is 1.69. The Morgan fingerprint density at radius 3 is 2.45 bits per heavy atom. The van der Waals surface area contributed by atoms with Crippen molar-refractivity contribution in [1.82, 2.24) is 15.6 Å². The standard InChI is InChI=1S/C15H23Br2N3O2/c1-14(2,3)22-13(21)20-15(4,5)9-18-8-12-11(17)6-10(16)7-19-12/h6-7,18H,8-9H2,1-5H3,(H,20,21). The summed E-state index contributed by atoms with van der Waals surface area (Å²) in [6.45, 7) is 10.6. The van der Waals surface area contributed by atoms with Gasteiger partial charge in [0, 0.05) is 28.2 Å². The molecule has 0 aliphatic heterocycles. The van der Waals surface area contributed by atoms with Gasteiger partial charge in [0.25, 0.3) is 0 Å². The van der Waals surface area contributed by atoms with Gasteiger partial charge >= 0.3 is 6.09 Å². The van der Waals surface area contributed by atoms with Crippen LogP contribution in [0.5, 0.6) is 0 Å². The van der Waals surface area contributed by atoms with Crippen LogP contribution in [0.1, 0.15) is 40.3 Å². The van der Waals surface area contributed by atoms with Gasteiger partial charge in [-0.15, -0.1) is 0 Å². The Balaban J connectivity index is 2.47. The van der Waals surface area contributed by atoms with Crippen LogP contribution in [-0.4, -0.2) is 28.8 Å². The fourth-order valence-corrected chi connectivity index (χ4v) is 2.82. The van der Waals surface area contributed by atoms with Crippen molar-refractivity contribution >= 4 is 38.0 Å². The number of amides is 1. The minimum Gasteiger partial charge on any atom is -0.444 e. The maximum Gasteiger partial charge on any atom is 0.408 e. The van der Waals surface area contributed by atoms with Crippen LogP contribution in [0.3, 0.4) is 0 Å². The van der Waals surface area contributed by atoms with E-state index in [0.29, 0.717) is 13.1 Å². The van der Waals surface area contributed by atoms with Gasteiger partial charge in [0.05, 0.1) is 11.2 Å². The molecule has 0 saturated carbocycles. The summed E-state index contributed by atoms with van der Waals surface area (Å²) >= 11 is 6.85. The number of alkyl carbamates (subject to hydrolysis) is 1. The number of hydrogen-bond donors (Lipinski definition) is 2. The Bertz CT molecular complexity index is 528. The lowest BCUT2D eigenvalue weighted by atomic mass is 10.1. The number of nitrogens with one attached hydrogen (secondary N) is 2. The average Bonchev–Trinajstić information content (AvgIpc) is 2.28. The summed E-state index contributed by atoms with van der Waals surface area (Å²) in [6.07, 6.45) is 1.34. The molecule has 0 saturated heterocycles. The predicted molar refractivity (Wildman–Crippen MR) is 94.8 cm³/mol. The van der Waals surface area contributed by atoms with Crippen molar-refractivity contribution in [3.8, 4) is 0 Å². The summed E-state index contributed by atoms with van der Waals surface area (Å²) in [4.78, 5) is 16.2. The van der Waals surface area contributed by atoms with E-state index in [1.807, 2.05) is 40.7 Å². The Kier molecular flexibility index (Phi) is 6.83. The van der Waals surface area contributed by atoms with Crippen LogP contribution in [0.15, 0.2) is 21.2 Å². The SMILES string of the molecule is CC(C)(CNCc1ncc(Br)cc1Br)NC(=O)OC(C)(C)C. The van der Waals surface area contributed by atoms with Gasteiger partial charge in [-0.3, -0.25) is 4.98 Å². The highest BCUT2D eigenvalue weighted by Crippen LogP contribution is 2.19. The summed E-state index contributed by atoms with van der Waals surface area (Å²) in [5.41, 5.74) is -0.0134. The first kappa shape index (κ1) is 19.4. The average molecular weight is 437 g/mol. The molecule has 1 aromatic rings. The van der Waals surface area contributed by atoms with Gasteiger partial charge in [0.15, 0.2) is 0 Å². The number of carbonyl (C=O) groups excluding carboxylic acids is 1. The van der Waals surface area contributed by atoms with E-state index in [-0.39, 0.29) is 0 Å². The molecule has 0 aliphatic rings. The van der Waals surface area contributed by atoms with Crippen molar-refractivity contribution in [1.29, 1.82) is 0 Å². The number of pyridine rings is 1. The normalized spacial score (nSPS) is 12.1. The highest BCUT2D eigenvalue weighted by Gasteiger charge is 2.24. The largest absolute Gasteiger partial charge is 0.444 e. The van der Waals surface area contributed by atoms with E-state index in [9.17, 15) is 4.79 Å². The smallest absolute Gasteiger partial charge is 0.408 e. The number of carbonyl (C=O) groups is 1. The Morgan fingerprint density at radius 1 is 1.27 bits per heavy atom. The van der Waals surface area contributed by atoms with Crippen molar-refractivity contribution in [3.63, 3.8) is 0 Å². The van der Waals surface area contributed by atoms with E-state index in [4.69, 9.17) is 4.74 Å². The van der Waals surface area contributed by atoms with Crippen molar-refractivity contribution in [2.24, 2.45) is 0 Å². The Hall–Kier alpha value is -0.660. The molecule has 7 heteroatoms.